The highest BCUT2D eigenvalue weighted by molar-refractivity contribution is 6.35. The lowest BCUT2D eigenvalue weighted by molar-refractivity contribution is 0.0644. The third-order valence-electron chi connectivity index (χ3n) is 4.37. The van der Waals surface area contributed by atoms with Crippen LogP contribution < -0.4 is 0 Å². The molecular weight excluding hydrogens is 326 g/mol. The second-order valence-corrected chi connectivity index (χ2v) is 6.50. The SMILES string of the molecule is Cc1ncc2c(n1)CC(C)N(C(=O)c1nc3cccc(Cl)c3[nH]1)C2. The van der Waals surface area contributed by atoms with Crippen molar-refractivity contribution in [3.05, 3.63) is 52.3 Å². The van der Waals surface area contributed by atoms with E-state index < -0.39 is 0 Å². The fraction of sp³-hybridized carbons (Fsp3) is 0.294. The molecule has 4 rings (SSSR count). The number of amides is 1. The summed E-state index contributed by atoms with van der Waals surface area (Å²) >= 11 is 6.16. The van der Waals surface area contributed by atoms with Crippen LogP contribution in [0.2, 0.25) is 5.02 Å². The third kappa shape index (κ3) is 2.43. The van der Waals surface area contributed by atoms with E-state index in [1.807, 2.05) is 26.0 Å². The van der Waals surface area contributed by atoms with Crippen LogP contribution in [-0.4, -0.2) is 36.8 Å². The Balaban J connectivity index is 1.68. The van der Waals surface area contributed by atoms with Crippen LogP contribution in [0.15, 0.2) is 24.4 Å². The largest absolute Gasteiger partial charge is 0.333 e. The van der Waals surface area contributed by atoms with Crippen molar-refractivity contribution in [2.45, 2.75) is 32.9 Å². The fourth-order valence-corrected chi connectivity index (χ4v) is 3.30. The standard InChI is InChI=1S/C17H16ClN5O/c1-9-6-14-11(7-19-10(2)20-14)8-23(9)17(24)16-21-13-5-3-4-12(18)15(13)22-16/h3-5,7,9H,6,8H2,1-2H3,(H,21,22). The number of aromatic amines is 1. The lowest BCUT2D eigenvalue weighted by Crippen LogP contribution is -2.43. The van der Waals surface area contributed by atoms with E-state index >= 15 is 0 Å². The van der Waals surface area contributed by atoms with E-state index in [-0.39, 0.29) is 11.9 Å². The molecule has 24 heavy (non-hydrogen) atoms. The molecule has 2 aromatic heterocycles. The molecule has 0 fully saturated rings. The van der Waals surface area contributed by atoms with Crippen molar-refractivity contribution in [3.63, 3.8) is 0 Å². The quantitative estimate of drug-likeness (QED) is 0.738. The Kier molecular flexibility index (Phi) is 3.49. The second-order valence-electron chi connectivity index (χ2n) is 6.09. The first kappa shape index (κ1) is 15.1. The summed E-state index contributed by atoms with van der Waals surface area (Å²) in [4.78, 5) is 30.9. The Morgan fingerprint density at radius 2 is 2.21 bits per heavy atom. The number of aryl methyl sites for hydroxylation is 1. The molecule has 1 amide bonds. The Morgan fingerprint density at radius 3 is 3.00 bits per heavy atom. The second kappa shape index (κ2) is 5.56. The van der Waals surface area contributed by atoms with Gasteiger partial charge >= 0.3 is 0 Å². The van der Waals surface area contributed by atoms with Crippen LogP contribution in [0.3, 0.4) is 0 Å². The highest BCUT2D eigenvalue weighted by Gasteiger charge is 2.30. The molecule has 0 aliphatic carbocycles. The molecule has 122 valence electrons. The van der Waals surface area contributed by atoms with Crippen molar-refractivity contribution in [1.82, 2.24) is 24.8 Å². The zero-order valence-corrected chi connectivity index (χ0v) is 14.1. The monoisotopic (exact) mass is 341 g/mol. The summed E-state index contributed by atoms with van der Waals surface area (Å²) in [5, 5.41) is 0.556. The number of benzene rings is 1. The molecule has 0 saturated heterocycles. The van der Waals surface area contributed by atoms with Gasteiger partial charge in [-0.2, -0.15) is 0 Å². The maximum absolute atomic E-state index is 12.9. The first-order chi connectivity index (χ1) is 11.5. The number of imidazole rings is 1. The van der Waals surface area contributed by atoms with Crippen molar-refractivity contribution < 1.29 is 4.79 Å². The number of hydrogen-bond acceptors (Lipinski definition) is 4. The van der Waals surface area contributed by atoms with Gasteiger partial charge in [0.1, 0.15) is 5.82 Å². The van der Waals surface area contributed by atoms with Crippen molar-refractivity contribution in [1.29, 1.82) is 0 Å². The van der Waals surface area contributed by atoms with Gasteiger partial charge < -0.3 is 9.88 Å². The molecule has 1 unspecified atom stereocenters. The molecule has 0 bridgehead atoms. The molecule has 0 radical (unpaired) electrons. The van der Waals surface area contributed by atoms with Gasteiger partial charge in [-0.15, -0.1) is 0 Å². The topological polar surface area (TPSA) is 74.8 Å². The lowest BCUT2D eigenvalue weighted by Gasteiger charge is -2.33. The number of H-pyrrole nitrogens is 1. The predicted octanol–water partition coefficient (Wildman–Crippen LogP) is 2.90. The number of para-hydroxylation sites is 1. The zero-order valence-electron chi connectivity index (χ0n) is 13.4. The van der Waals surface area contributed by atoms with Crippen molar-refractivity contribution in [2.24, 2.45) is 0 Å². The lowest BCUT2D eigenvalue weighted by atomic mass is 10.0. The molecule has 0 saturated carbocycles. The Hall–Kier alpha value is -2.47. The molecule has 3 aromatic rings. The summed E-state index contributed by atoms with van der Waals surface area (Å²) in [5.41, 5.74) is 3.38. The first-order valence-corrected chi connectivity index (χ1v) is 8.17. The molecule has 0 spiro atoms. The molecule has 7 heteroatoms. The smallest absolute Gasteiger partial charge is 0.290 e. The average molecular weight is 342 g/mol. The molecule has 1 N–H and O–H groups in total. The van der Waals surface area contributed by atoms with E-state index in [1.54, 1.807) is 17.2 Å². The van der Waals surface area contributed by atoms with Crippen molar-refractivity contribution in [2.75, 3.05) is 0 Å². The van der Waals surface area contributed by atoms with E-state index in [1.165, 1.54) is 0 Å². The third-order valence-corrected chi connectivity index (χ3v) is 4.68. The highest BCUT2D eigenvalue weighted by Crippen LogP contribution is 2.25. The number of hydrogen-bond donors (Lipinski definition) is 1. The molecule has 1 atom stereocenters. The summed E-state index contributed by atoms with van der Waals surface area (Å²) in [6.45, 7) is 4.38. The van der Waals surface area contributed by atoms with Crippen LogP contribution in [0, 0.1) is 6.92 Å². The Bertz CT molecular complexity index is 951. The molecule has 1 aliphatic heterocycles. The molecule has 3 heterocycles. The normalized spacial score (nSPS) is 17.1. The highest BCUT2D eigenvalue weighted by atomic mass is 35.5. The van der Waals surface area contributed by atoms with E-state index in [0.717, 1.165) is 17.1 Å². The number of halogens is 1. The van der Waals surface area contributed by atoms with Gasteiger partial charge in [-0.3, -0.25) is 4.79 Å². The van der Waals surface area contributed by atoms with E-state index in [2.05, 4.69) is 19.9 Å². The molecule has 1 aliphatic rings. The van der Waals surface area contributed by atoms with Gasteiger partial charge in [0.05, 0.1) is 21.7 Å². The number of aromatic nitrogens is 4. The summed E-state index contributed by atoms with van der Waals surface area (Å²) in [7, 11) is 0. The number of carbonyl (C=O) groups excluding carboxylic acids is 1. The summed E-state index contributed by atoms with van der Waals surface area (Å²) in [6.07, 6.45) is 2.52. The summed E-state index contributed by atoms with van der Waals surface area (Å²) < 4.78 is 0. The molecular formula is C17H16ClN5O. The van der Waals surface area contributed by atoms with Crippen molar-refractivity contribution >= 4 is 28.5 Å². The number of rotatable bonds is 1. The van der Waals surface area contributed by atoms with Crippen LogP contribution in [0.25, 0.3) is 11.0 Å². The van der Waals surface area contributed by atoms with Crippen LogP contribution in [-0.2, 0) is 13.0 Å². The van der Waals surface area contributed by atoms with E-state index in [0.29, 0.717) is 34.8 Å². The zero-order chi connectivity index (χ0) is 16.8. The maximum Gasteiger partial charge on any atom is 0.290 e. The summed E-state index contributed by atoms with van der Waals surface area (Å²) in [5.74, 6) is 0.926. The van der Waals surface area contributed by atoms with Crippen LogP contribution in [0.4, 0.5) is 0 Å². The van der Waals surface area contributed by atoms with Gasteiger partial charge in [-0.05, 0) is 26.0 Å². The minimum Gasteiger partial charge on any atom is -0.333 e. The van der Waals surface area contributed by atoms with Gasteiger partial charge in [-0.25, -0.2) is 15.0 Å². The van der Waals surface area contributed by atoms with E-state index in [9.17, 15) is 4.79 Å². The number of nitrogens with one attached hydrogen (secondary N) is 1. The number of nitrogens with zero attached hydrogens (tertiary/aromatic N) is 4. The minimum atomic E-state index is -0.138. The Labute approximate surface area is 143 Å². The van der Waals surface area contributed by atoms with Crippen LogP contribution in [0.5, 0.6) is 0 Å². The fourth-order valence-electron chi connectivity index (χ4n) is 3.09. The number of fused-ring (bicyclic) bond motifs is 2. The summed E-state index contributed by atoms with van der Waals surface area (Å²) in [6, 6.07) is 5.47. The first-order valence-electron chi connectivity index (χ1n) is 7.79. The molecule has 1 aromatic carbocycles. The Morgan fingerprint density at radius 1 is 1.38 bits per heavy atom. The predicted molar refractivity (Wildman–Crippen MR) is 90.9 cm³/mol. The van der Waals surface area contributed by atoms with Gasteiger partial charge in [-0.1, -0.05) is 17.7 Å². The number of carbonyl (C=O) groups is 1. The van der Waals surface area contributed by atoms with Crippen molar-refractivity contribution in [3.8, 4) is 0 Å². The average Bonchev–Trinajstić information content (AvgIpc) is 2.99. The van der Waals surface area contributed by atoms with Gasteiger partial charge in [0.2, 0.25) is 0 Å². The van der Waals surface area contributed by atoms with Crippen LogP contribution in [0.1, 0.15) is 34.6 Å². The van der Waals surface area contributed by atoms with Gasteiger partial charge in [0.15, 0.2) is 5.82 Å². The molecule has 6 nitrogen and oxygen atoms in total. The van der Waals surface area contributed by atoms with Gasteiger partial charge in [0.25, 0.3) is 5.91 Å². The minimum absolute atomic E-state index is 0.0444. The van der Waals surface area contributed by atoms with Gasteiger partial charge in [0, 0.05) is 30.8 Å². The van der Waals surface area contributed by atoms with E-state index in [4.69, 9.17) is 11.6 Å². The van der Waals surface area contributed by atoms with Crippen LogP contribution >= 0.6 is 11.6 Å². The maximum atomic E-state index is 12.9.